The number of carboxylic acids is 1. The molecule has 0 aliphatic heterocycles. The van der Waals surface area contributed by atoms with Gasteiger partial charge in [0, 0.05) is 6.54 Å². The van der Waals surface area contributed by atoms with Gasteiger partial charge in [-0.3, -0.25) is 9.98 Å². The summed E-state index contributed by atoms with van der Waals surface area (Å²) < 4.78 is 0. The highest BCUT2D eigenvalue weighted by molar-refractivity contribution is 5.77. The fraction of sp³-hybridized carbons (Fsp3) is 0.625. The van der Waals surface area contributed by atoms with Crippen molar-refractivity contribution < 1.29 is 9.90 Å². The van der Waals surface area contributed by atoms with E-state index in [-0.39, 0.29) is 0 Å². The van der Waals surface area contributed by atoms with E-state index in [1.54, 1.807) is 6.92 Å². The van der Waals surface area contributed by atoms with Crippen molar-refractivity contribution >= 4 is 18.5 Å². The van der Waals surface area contributed by atoms with Crippen LogP contribution in [0.2, 0.25) is 0 Å². The molecule has 74 valence electrons. The summed E-state index contributed by atoms with van der Waals surface area (Å²) in [5.41, 5.74) is 5.30. The summed E-state index contributed by atoms with van der Waals surface area (Å²) >= 11 is 0. The highest BCUT2D eigenvalue weighted by atomic mass is 16.4. The van der Waals surface area contributed by atoms with Crippen LogP contribution in [-0.2, 0) is 4.79 Å². The second kappa shape index (κ2) is 6.16. The van der Waals surface area contributed by atoms with Crippen molar-refractivity contribution in [1.29, 1.82) is 0 Å². The molecule has 0 aromatic rings. The standard InChI is InChI=1S/C8H15N3O2/c1-6(9)11-5-3-4-7(10-2)8(12)13/h7H,2-5H2,1H3,(H2,9,11)(H,12,13). The third-order valence-corrected chi connectivity index (χ3v) is 1.50. The zero-order valence-electron chi connectivity index (χ0n) is 7.73. The van der Waals surface area contributed by atoms with Gasteiger partial charge < -0.3 is 10.8 Å². The van der Waals surface area contributed by atoms with Crippen molar-refractivity contribution in [3.8, 4) is 0 Å². The van der Waals surface area contributed by atoms with Gasteiger partial charge in [0.15, 0.2) is 0 Å². The van der Waals surface area contributed by atoms with Crippen molar-refractivity contribution in [2.24, 2.45) is 15.7 Å². The molecule has 0 saturated heterocycles. The molecule has 1 atom stereocenters. The maximum atomic E-state index is 10.5. The minimum Gasteiger partial charge on any atom is -0.480 e. The molecule has 0 aromatic heterocycles. The molecule has 0 aliphatic rings. The second-order valence-corrected chi connectivity index (χ2v) is 2.70. The summed E-state index contributed by atoms with van der Waals surface area (Å²) in [6.45, 7) is 5.44. The lowest BCUT2D eigenvalue weighted by atomic mass is 10.2. The first-order chi connectivity index (χ1) is 6.07. The molecule has 13 heavy (non-hydrogen) atoms. The van der Waals surface area contributed by atoms with Crippen molar-refractivity contribution in [1.82, 2.24) is 0 Å². The van der Waals surface area contributed by atoms with Gasteiger partial charge in [0.05, 0.1) is 5.84 Å². The number of carbonyl (C=O) groups is 1. The SMILES string of the molecule is C=NC(CCCN=C(C)N)C(=O)O. The van der Waals surface area contributed by atoms with E-state index in [2.05, 4.69) is 16.7 Å². The predicted molar refractivity (Wildman–Crippen MR) is 52.4 cm³/mol. The lowest BCUT2D eigenvalue weighted by molar-refractivity contribution is -0.138. The first-order valence-electron chi connectivity index (χ1n) is 4.03. The zero-order valence-corrected chi connectivity index (χ0v) is 7.73. The molecule has 0 bridgehead atoms. The lowest BCUT2D eigenvalue weighted by Gasteiger charge is -2.04. The summed E-state index contributed by atoms with van der Waals surface area (Å²) in [4.78, 5) is 17.9. The molecular weight excluding hydrogens is 170 g/mol. The summed E-state index contributed by atoms with van der Waals surface area (Å²) in [7, 11) is 0. The maximum Gasteiger partial charge on any atom is 0.328 e. The normalized spacial score (nSPS) is 13.8. The maximum absolute atomic E-state index is 10.5. The number of rotatable bonds is 6. The minimum atomic E-state index is -0.941. The average Bonchev–Trinajstić information content (AvgIpc) is 2.03. The molecule has 0 heterocycles. The van der Waals surface area contributed by atoms with Crippen LogP contribution in [0.25, 0.3) is 0 Å². The molecule has 0 saturated carbocycles. The summed E-state index contributed by atoms with van der Waals surface area (Å²) in [5.74, 6) is -0.429. The van der Waals surface area contributed by atoms with Crippen LogP contribution < -0.4 is 5.73 Å². The minimum absolute atomic E-state index is 0.454. The van der Waals surface area contributed by atoms with Crippen LogP contribution in [0.1, 0.15) is 19.8 Å². The monoisotopic (exact) mass is 185 g/mol. The van der Waals surface area contributed by atoms with Crippen LogP contribution in [-0.4, -0.2) is 36.2 Å². The smallest absolute Gasteiger partial charge is 0.328 e. The van der Waals surface area contributed by atoms with Gasteiger partial charge >= 0.3 is 5.97 Å². The Morgan fingerprint density at radius 2 is 2.31 bits per heavy atom. The molecule has 3 N–H and O–H groups in total. The zero-order chi connectivity index (χ0) is 10.3. The largest absolute Gasteiger partial charge is 0.480 e. The summed E-state index contributed by atoms with van der Waals surface area (Å²) in [6.07, 6.45) is 1.11. The average molecular weight is 185 g/mol. The number of hydrogen-bond acceptors (Lipinski definition) is 3. The van der Waals surface area contributed by atoms with E-state index in [0.29, 0.717) is 25.2 Å². The van der Waals surface area contributed by atoms with Crippen molar-refractivity contribution in [2.45, 2.75) is 25.8 Å². The highest BCUT2D eigenvalue weighted by Gasteiger charge is 2.12. The molecule has 0 rings (SSSR count). The Bertz CT molecular complexity index is 209. The van der Waals surface area contributed by atoms with Crippen LogP contribution in [0.3, 0.4) is 0 Å². The van der Waals surface area contributed by atoms with Gasteiger partial charge in [-0.1, -0.05) is 0 Å². The molecule has 0 aromatic carbocycles. The molecule has 5 nitrogen and oxygen atoms in total. The van der Waals surface area contributed by atoms with E-state index in [1.165, 1.54) is 0 Å². The summed E-state index contributed by atoms with van der Waals surface area (Å²) in [6, 6.07) is -0.715. The molecule has 0 amide bonds. The molecule has 0 aliphatic carbocycles. The molecule has 0 radical (unpaired) electrons. The lowest BCUT2D eigenvalue weighted by Crippen LogP contribution is -2.17. The van der Waals surface area contributed by atoms with Gasteiger partial charge in [0.25, 0.3) is 0 Å². The number of nitrogens with zero attached hydrogens (tertiary/aromatic N) is 2. The number of nitrogens with two attached hydrogens (primary N) is 1. The number of aliphatic carboxylic acids is 1. The van der Waals surface area contributed by atoms with Gasteiger partial charge in [0.1, 0.15) is 6.04 Å². The Hall–Kier alpha value is -1.39. The van der Waals surface area contributed by atoms with Gasteiger partial charge in [-0.15, -0.1) is 0 Å². The van der Waals surface area contributed by atoms with Crippen LogP contribution in [0, 0.1) is 0 Å². The first kappa shape index (κ1) is 11.6. The first-order valence-corrected chi connectivity index (χ1v) is 4.03. The molecule has 1 unspecified atom stereocenters. The van der Waals surface area contributed by atoms with E-state index >= 15 is 0 Å². The third kappa shape index (κ3) is 5.84. The Morgan fingerprint density at radius 1 is 1.69 bits per heavy atom. The number of aliphatic imine (C=N–C) groups is 2. The fourth-order valence-corrected chi connectivity index (χ4v) is 0.833. The topological polar surface area (TPSA) is 88.0 Å². The van der Waals surface area contributed by atoms with Crippen LogP contribution in [0.4, 0.5) is 0 Å². The van der Waals surface area contributed by atoms with E-state index in [4.69, 9.17) is 10.8 Å². The van der Waals surface area contributed by atoms with Crippen LogP contribution >= 0.6 is 0 Å². The van der Waals surface area contributed by atoms with Gasteiger partial charge in [0.2, 0.25) is 0 Å². The molecule has 0 spiro atoms. The molecule has 0 fully saturated rings. The van der Waals surface area contributed by atoms with Crippen molar-refractivity contribution in [2.75, 3.05) is 6.54 Å². The highest BCUT2D eigenvalue weighted by Crippen LogP contribution is 2.01. The summed E-state index contributed by atoms with van der Waals surface area (Å²) in [5, 5.41) is 8.59. The Labute approximate surface area is 77.4 Å². The Morgan fingerprint density at radius 3 is 2.69 bits per heavy atom. The van der Waals surface area contributed by atoms with Crippen LogP contribution in [0.5, 0.6) is 0 Å². The van der Waals surface area contributed by atoms with Gasteiger partial charge in [-0.25, -0.2) is 4.79 Å². The quantitative estimate of drug-likeness (QED) is 0.354. The van der Waals surface area contributed by atoms with Crippen LogP contribution in [0.15, 0.2) is 9.98 Å². The fourth-order valence-electron chi connectivity index (χ4n) is 0.833. The number of hydrogen-bond donors (Lipinski definition) is 2. The van der Waals surface area contributed by atoms with E-state index in [1.807, 2.05) is 0 Å². The van der Waals surface area contributed by atoms with Crippen molar-refractivity contribution in [3.63, 3.8) is 0 Å². The van der Waals surface area contributed by atoms with E-state index in [9.17, 15) is 4.79 Å². The molecular formula is C8H15N3O2. The Kier molecular flexibility index (Phi) is 5.50. The third-order valence-electron chi connectivity index (χ3n) is 1.50. The van der Waals surface area contributed by atoms with Gasteiger partial charge in [-0.05, 0) is 26.5 Å². The van der Waals surface area contributed by atoms with E-state index < -0.39 is 12.0 Å². The van der Waals surface area contributed by atoms with Gasteiger partial charge in [-0.2, -0.15) is 0 Å². The van der Waals surface area contributed by atoms with E-state index in [0.717, 1.165) is 0 Å². The predicted octanol–water partition coefficient (Wildman–Crippen LogP) is 0.297. The number of carboxylic acid groups (broad SMARTS) is 1. The number of amidine groups is 1. The van der Waals surface area contributed by atoms with Crippen molar-refractivity contribution in [3.05, 3.63) is 0 Å². The molecule has 5 heteroatoms. The Balaban J connectivity index is 3.68. The second-order valence-electron chi connectivity index (χ2n) is 2.70.